The Morgan fingerprint density at radius 3 is 2.44 bits per heavy atom. The summed E-state index contributed by atoms with van der Waals surface area (Å²) in [5.41, 5.74) is 2.58. The minimum atomic E-state index is 0.314. The predicted octanol–water partition coefficient (Wildman–Crippen LogP) is 3.48. The number of rotatable bonds is 7. The van der Waals surface area contributed by atoms with Gasteiger partial charge in [0, 0.05) is 12.2 Å². The molecular formula is C14H23NO. The SMILES string of the molecule is CCCc1ccc(NCCOC(C)C)cc1. The summed E-state index contributed by atoms with van der Waals surface area (Å²) in [5.74, 6) is 0. The zero-order chi connectivity index (χ0) is 11.8. The van der Waals surface area contributed by atoms with Crippen molar-refractivity contribution in [2.75, 3.05) is 18.5 Å². The average Bonchev–Trinajstić information content (AvgIpc) is 2.27. The summed E-state index contributed by atoms with van der Waals surface area (Å²) < 4.78 is 5.46. The van der Waals surface area contributed by atoms with Gasteiger partial charge in [0.1, 0.15) is 0 Å². The van der Waals surface area contributed by atoms with Crippen LogP contribution in [0.1, 0.15) is 32.8 Å². The van der Waals surface area contributed by atoms with E-state index in [1.807, 2.05) is 0 Å². The van der Waals surface area contributed by atoms with E-state index in [9.17, 15) is 0 Å². The third-order valence-corrected chi connectivity index (χ3v) is 2.37. The van der Waals surface area contributed by atoms with Crippen molar-refractivity contribution in [1.29, 1.82) is 0 Å². The molecule has 0 bridgehead atoms. The van der Waals surface area contributed by atoms with Crippen LogP contribution in [0.2, 0.25) is 0 Å². The van der Waals surface area contributed by atoms with Crippen molar-refractivity contribution < 1.29 is 4.74 Å². The van der Waals surface area contributed by atoms with Crippen LogP contribution in [0.15, 0.2) is 24.3 Å². The largest absolute Gasteiger partial charge is 0.383 e. The molecule has 1 aromatic carbocycles. The smallest absolute Gasteiger partial charge is 0.0642 e. The van der Waals surface area contributed by atoms with Crippen LogP contribution in [0.3, 0.4) is 0 Å². The summed E-state index contributed by atoms with van der Waals surface area (Å²) in [5, 5.41) is 3.34. The lowest BCUT2D eigenvalue weighted by molar-refractivity contribution is 0.0870. The van der Waals surface area contributed by atoms with Crippen LogP contribution < -0.4 is 5.32 Å². The Morgan fingerprint density at radius 1 is 1.19 bits per heavy atom. The fourth-order valence-corrected chi connectivity index (χ4v) is 1.57. The van der Waals surface area contributed by atoms with Gasteiger partial charge in [-0.3, -0.25) is 0 Å². The second-order valence-electron chi connectivity index (χ2n) is 4.29. The highest BCUT2D eigenvalue weighted by Crippen LogP contribution is 2.10. The molecule has 0 aromatic heterocycles. The van der Waals surface area contributed by atoms with Crippen LogP contribution in [-0.2, 0) is 11.2 Å². The van der Waals surface area contributed by atoms with Gasteiger partial charge in [-0.15, -0.1) is 0 Å². The first-order chi connectivity index (χ1) is 7.72. The second-order valence-corrected chi connectivity index (χ2v) is 4.29. The van der Waals surface area contributed by atoms with Crippen molar-refractivity contribution in [3.8, 4) is 0 Å². The van der Waals surface area contributed by atoms with Crippen molar-refractivity contribution in [3.63, 3.8) is 0 Å². The highest BCUT2D eigenvalue weighted by Gasteiger charge is 1.95. The summed E-state index contributed by atoms with van der Waals surface area (Å²) in [7, 11) is 0. The zero-order valence-electron chi connectivity index (χ0n) is 10.6. The summed E-state index contributed by atoms with van der Waals surface area (Å²) in [6.45, 7) is 7.94. The molecule has 0 unspecified atom stereocenters. The van der Waals surface area contributed by atoms with Crippen molar-refractivity contribution in [2.45, 2.75) is 39.7 Å². The number of nitrogens with one attached hydrogen (secondary N) is 1. The first kappa shape index (κ1) is 13.0. The lowest BCUT2D eigenvalue weighted by Gasteiger charge is -2.10. The van der Waals surface area contributed by atoms with Crippen LogP contribution in [0.5, 0.6) is 0 Å². The maximum atomic E-state index is 5.46. The molecule has 0 spiro atoms. The summed E-state index contributed by atoms with van der Waals surface area (Å²) in [6.07, 6.45) is 2.68. The van der Waals surface area contributed by atoms with Gasteiger partial charge >= 0.3 is 0 Å². The molecule has 0 saturated carbocycles. The van der Waals surface area contributed by atoms with E-state index in [0.717, 1.165) is 19.6 Å². The van der Waals surface area contributed by atoms with E-state index >= 15 is 0 Å². The molecule has 1 aromatic rings. The fraction of sp³-hybridized carbons (Fsp3) is 0.571. The van der Waals surface area contributed by atoms with Gasteiger partial charge in [-0.1, -0.05) is 25.5 Å². The quantitative estimate of drug-likeness (QED) is 0.712. The van der Waals surface area contributed by atoms with E-state index in [4.69, 9.17) is 4.74 Å². The molecule has 0 fully saturated rings. The Hall–Kier alpha value is -1.02. The van der Waals surface area contributed by atoms with Crippen molar-refractivity contribution in [1.82, 2.24) is 0 Å². The molecule has 0 amide bonds. The maximum Gasteiger partial charge on any atom is 0.0642 e. The van der Waals surface area contributed by atoms with Gasteiger partial charge in [-0.05, 0) is 38.0 Å². The van der Waals surface area contributed by atoms with Crippen LogP contribution in [0, 0.1) is 0 Å². The van der Waals surface area contributed by atoms with Crippen LogP contribution >= 0.6 is 0 Å². The molecule has 0 aliphatic carbocycles. The van der Waals surface area contributed by atoms with Crippen LogP contribution in [0.4, 0.5) is 5.69 Å². The molecule has 16 heavy (non-hydrogen) atoms. The topological polar surface area (TPSA) is 21.3 Å². The molecule has 1 rings (SSSR count). The summed E-state index contributed by atoms with van der Waals surface area (Å²) in [6, 6.07) is 8.66. The van der Waals surface area contributed by atoms with Gasteiger partial charge in [0.15, 0.2) is 0 Å². The minimum Gasteiger partial charge on any atom is -0.383 e. The zero-order valence-corrected chi connectivity index (χ0v) is 10.6. The number of aryl methyl sites for hydroxylation is 1. The molecule has 0 heterocycles. The monoisotopic (exact) mass is 221 g/mol. The van der Waals surface area contributed by atoms with Crippen molar-refractivity contribution in [3.05, 3.63) is 29.8 Å². The number of hydrogen-bond acceptors (Lipinski definition) is 2. The Kier molecular flexibility index (Phi) is 5.94. The number of hydrogen-bond donors (Lipinski definition) is 1. The van der Waals surface area contributed by atoms with Crippen molar-refractivity contribution >= 4 is 5.69 Å². The highest BCUT2D eigenvalue weighted by molar-refractivity contribution is 5.44. The van der Waals surface area contributed by atoms with Gasteiger partial charge in [0.05, 0.1) is 12.7 Å². The molecule has 90 valence electrons. The van der Waals surface area contributed by atoms with Crippen LogP contribution in [0.25, 0.3) is 0 Å². The van der Waals surface area contributed by atoms with Gasteiger partial charge in [0.25, 0.3) is 0 Å². The fourth-order valence-electron chi connectivity index (χ4n) is 1.57. The molecule has 0 saturated heterocycles. The number of ether oxygens (including phenoxy) is 1. The molecule has 0 atom stereocenters. The molecule has 0 aliphatic heterocycles. The third-order valence-electron chi connectivity index (χ3n) is 2.37. The Bertz CT molecular complexity index is 279. The normalized spacial score (nSPS) is 10.8. The van der Waals surface area contributed by atoms with Gasteiger partial charge in [-0.25, -0.2) is 0 Å². The van der Waals surface area contributed by atoms with Gasteiger partial charge < -0.3 is 10.1 Å². The van der Waals surface area contributed by atoms with Crippen molar-refractivity contribution in [2.24, 2.45) is 0 Å². The van der Waals surface area contributed by atoms with Gasteiger partial charge in [-0.2, -0.15) is 0 Å². The van der Waals surface area contributed by atoms with E-state index in [-0.39, 0.29) is 0 Å². The van der Waals surface area contributed by atoms with E-state index in [0.29, 0.717) is 6.10 Å². The molecule has 2 heteroatoms. The number of anilines is 1. The Morgan fingerprint density at radius 2 is 1.88 bits per heavy atom. The summed E-state index contributed by atoms with van der Waals surface area (Å²) >= 11 is 0. The van der Waals surface area contributed by atoms with Crippen LogP contribution in [-0.4, -0.2) is 19.3 Å². The molecule has 0 radical (unpaired) electrons. The molecule has 0 aliphatic rings. The average molecular weight is 221 g/mol. The van der Waals surface area contributed by atoms with Gasteiger partial charge in [0.2, 0.25) is 0 Å². The predicted molar refractivity (Wildman–Crippen MR) is 70.0 cm³/mol. The maximum absolute atomic E-state index is 5.46. The number of benzene rings is 1. The van der Waals surface area contributed by atoms with E-state index in [2.05, 4.69) is 50.4 Å². The van der Waals surface area contributed by atoms with E-state index in [1.54, 1.807) is 0 Å². The Labute approximate surface area is 99.0 Å². The summed E-state index contributed by atoms with van der Waals surface area (Å²) in [4.78, 5) is 0. The Balaban J connectivity index is 2.26. The van der Waals surface area contributed by atoms with E-state index < -0.39 is 0 Å². The third kappa shape index (κ3) is 5.17. The highest BCUT2D eigenvalue weighted by atomic mass is 16.5. The van der Waals surface area contributed by atoms with E-state index in [1.165, 1.54) is 17.7 Å². The first-order valence-electron chi connectivity index (χ1n) is 6.16. The first-order valence-corrected chi connectivity index (χ1v) is 6.16. The second kappa shape index (κ2) is 7.29. The standard InChI is InChI=1S/C14H23NO/c1-4-5-13-6-8-14(9-7-13)15-10-11-16-12(2)3/h6-9,12,15H,4-5,10-11H2,1-3H3. The lowest BCUT2D eigenvalue weighted by atomic mass is 10.1. The molecular weight excluding hydrogens is 198 g/mol. The minimum absolute atomic E-state index is 0.314. The molecule has 1 N–H and O–H groups in total. The molecule has 2 nitrogen and oxygen atoms in total. The lowest BCUT2D eigenvalue weighted by Crippen LogP contribution is -2.13.